The van der Waals surface area contributed by atoms with Crippen LogP contribution >= 0.6 is 0 Å². The van der Waals surface area contributed by atoms with Crippen molar-refractivity contribution in [3.63, 3.8) is 0 Å². The Hall–Kier alpha value is -2.08. The Morgan fingerprint density at radius 3 is 2.35 bits per heavy atom. The van der Waals surface area contributed by atoms with E-state index < -0.39 is 0 Å². The molecule has 2 atom stereocenters. The molecule has 1 aromatic carbocycles. The predicted octanol–water partition coefficient (Wildman–Crippen LogP) is 3.23. The highest BCUT2D eigenvalue weighted by Crippen LogP contribution is 2.41. The number of ether oxygens (including phenoxy) is 1. The number of benzene rings is 1. The Labute approximate surface area is 186 Å². The monoisotopic (exact) mass is 427 g/mol. The molecule has 0 radical (unpaired) electrons. The number of piperidine rings is 2. The van der Waals surface area contributed by atoms with E-state index in [-0.39, 0.29) is 17.9 Å². The van der Waals surface area contributed by atoms with Gasteiger partial charge in [-0.15, -0.1) is 0 Å². The minimum absolute atomic E-state index is 0.0841. The Morgan fingerprint density at radius 1 is 1.03 bits per heavy atom. The van der Waals surface area contributed by atoms with E-state index >= 15 is 0 Å². The Morgan fingerprint density at radius 2 is 1.74 bits per heavy atom. The van der Waals surface area contributed by atoms with E-state index in [2.05, 4.69) is 29.3 Å². The van der Waals surface area contributed by atoms with Gasteiger partial charge in [0.25, 0.3) is 0 Å². The summed E-state index contributed by atoms with van der Waals surface area (Å²) in [5.74, 6) is 2.61. The van der Waals surface area contributed by atoms with Crippen molar-refractivity contribution in [1.29, 1.82) is 0 Å². The molecule has 6 heteroatoms. The zero-order chi connectivity index (χ0) is 21.8. The maximum atomic E-state index is 12.9. The second-order valence-corrected chi connectivity index (χ2v) is 9.66. The first-order valence-corrected chi connectivity index (χ1v) is 12.0. The average Bonchev–Trinajstić information content (AvgIpc) is 3.64. The molecule has 1 saturated carbocycles. The van der Waals surface area contributed by atoms with Gasteiger partial charge in [0, 0.05) is 38.1 Å². The van der Waals surface area contributed by atoms with Gasteiger partial charge in [-0.25, -0.2) is 0 Å². The van der Waals surface area contributed by atoms with E-state index in [0.29, 0.717) is 37.4 Å². The maximum Gasteiger partial charge on any atom is 0.236 e. The molecular weight excluding hydrogens is 390 g/mol. The van der Waals surface area contributed by atoms with Gasteiger partial charge in [-0.2, -0.15) is 0 Å². The highest BCUT2D eigenvalue weighted by Gasteiger charge is 2.34. The molecule has 2 aliphatic heterocycles. The lowest BCUT2D eigenvalue weighted by Gasteiger charge is -2.37. The molecule has 3 aliphatic rings. The SMILES string of the molecule is COc1ccc(C(NCC(=O)N2CCC(C(=O)N3CCCC(C)C3)CC2)C2CC2)cc1. The molecule has 4 rings (SSSR count). The first-order chi connectivity index (χ1) is 15.0. The van der Waals surface area contributed by atoms with Crippen LogP contribution < -0.4 is 10.1 Å². The quantitative estimate of drug-likeness (QED) is 0.726. The molecular formula is C25H37N3O3. The summed E-state index contributed by atoms with van der Waals surface area (Å²) in [6.45, 7) is 5.77. The average molecular weight is 428 g/mol. The van der Waals surface area contributed by atoms with Crippen LogP contribution in [0.5, 0.6) is 5.75 Å². The van der Waals surface area contributed by atoms with Gasteiger partial charge in [0.15, 0.2) is 0 Å². The van der Waals surface area contributed by atoms with Crippen molar-refractivity contribution < 1.29 is 14.3 Å². The number of nitrogens with one attached hydrogen (secondary N) is 1. The zero-order valence-corrected chi connectivity index (χ0v) is 19.0. The lowest BCUT2D eigenvalue weighted by Crippen LogP contribution is -2.48. The molecule has 0 aromatic heterocycles. The van der Waals surface area contributed by atoms with Crippen LogP contribution in [0.2, 0.25) is 0 Å². The van der Waals surface area contributed by atoms with Crippen LogP contribution in [0.4, 0.5) is 0 Å². The van der Waals surface area contributed by atoms with Crippen LogP contribution in [-0.2, 0) is 9.59 Å². The van der Waals surface area contributed by atoms with Gasteiger partial charge in [0.1, 0.15) is 5.75 Å². The Bertz CT molecular complexity index is 754. The number of likely N-dealkylation sites (tertiary alicyclic amines) is 2. The molecule has 2 unspecified atom stereocenters. The number of carbonyl (C=O) groups is 2. The minimum Gasteiger partial charge on any atom is -0.497 e. The van der Waals surface area contributed by atoms with Crippen molar-refractivity contribution in [1.82, 2.24) is 15.1 Å². The van der Waals surface area contributed by atoms with E-state index in [1.807, 2.05) is 17.0 Å². The Kier molecular flexibility index (Phi) is 7.16. The van der Waals surface area contributed by atoms with Gasteiger partial charge < -0.3 is 19.9 Å². The van der Waals surface area contributed by atoms with Crippen LogP contribution in [-0.4, -0.2) is 61.4 Å². The predicted molar refractivity (Wildman–Crippen MR) is 121 cm³/mol. The number of hydrogen-bond donors (Lipinski definition) is 1. The standard InChI is InChI=1S/C25H37N3O3/c1-18-4-3-13-28(17-18)25(30)21-11-14-27(15-12-21)23(29)16-26-24(19-5-6-19)20-7-9-22(31-2)10-8-20/h7-10,18-19,21,24,26H,3-6,11-17H2,1-2H3. The van der Waals surface area contributed by atoms with Crippen molar-refractivity contribution in [2.75, 3.05) is 39.8 Å². The fourth-order valence-corrected chi connectivity index (χ4v) is 5.13. The van der Waals surface area contributed by atoms with Crippen molar-refractivity contribution in [2.45, 2.75) is 51.5 Å². The third-order valence-electron chi connectivity index (χ3n) is 7.21. The van der Waals surface area contributed by atoms with Gasteiger partial charge in [0.2, 0.25) is 11.8 Å². The van der Waals surface area contributed by atoms with E-state index in [4.69, 9.17) is 4.74 Å². The summed E-state index contributed by atoms with van der Waals surface area (Å²) >= 11 is 0. The molecule has 31 heavy (non-hydrogen) atoms. The molecule has 170 valence electrons. The van der Waals surface area contributed by atoms with E-state index in [1.165, 1.54) is 24.8 Å². The molecule has 2 heterocycles. The summed E-state index contributed by atoms with van der Waals surface area (Å²) in [6, 6.07) is 8.38. The van der Waals surface area contributed by atoms with Gasteiger partial charge in [0.05, 0.1) is 13.7 Å². The zero-order valence-electron chi connectivity index (χ0n) is 19.0. The van der Waals surface area contributed by atoms with Crippen LogP contribution in [0.25, 0.3) is 0 Å². The van der Waals surface area contributed by atoms with Gasteiger partial charge >= 0.3 is 0 Å². The largest absolute Gasteiger partial charge is 0.497 e. The molecule has 1 N–H and O–H groups in total. The number of nitrogens with zero attached hydrogens (tertiary/aromatic N) is 2. The van der Waals surface area contributed by atoms with Gasteiger partial charge in [-0.1, -0.05) is 19.1 Å². The smallest absolute Gasteiger partial charge is 0.236 e. The second-order valence-electron chi connectivity index (χ2n) is 9.66. The van der Waals surface area contributed by atoms with Crippen molar-refractivity contribution in [3.05, 3.63) is 29.8 Å². The molecule has 0 bridgehead atoms. The van der Waals surface area contributed by atoms with Crippen molar-refractivity contribution >= 4 is 11.8 Å². The number of amides is 2. The maximum absolute atomic E-state index is 12.9. The summed E-state index contributed by atoms with van der Waals surface area (Å²) in [5.41, 5.74) is 1.22. The first kappa shape index (κ1) is 22.1. The van der Waals surface area contributed by atoms with E-state index in [1.54, 1.807) is 7.11 Å². The number of rotatable bonds is 7. The summed E-state index contributed by atoms with van der Waals surface area (Å²) in [4.78, 5) is 29.7. The van der Waals surface area contributed by atoms with Crippen LogP contribution in [0.15, 0.2) is 24.3 Å². The van der Waals surface area contributed by atoms with Crippen LogP contribution in [0, 0.1) is 17.8 Å². The van der Waals surface area contributed by atoms with E-state index in [0.717, 1.165) is 38.1 Å². The van der Waals surface area contributed by atoms with Crippen LogP contribution in [0.1, 0.15) is 57.1 Å². The number of carbonyl (C=O) groups excluding carboxylic acids is 2. The Balaban J connectivity index is 1.25. The molecule has 2 saturated heterocycles. The minimum atomic E-state index is 0.0841. The molecule has 1 aromatic rings. The van der Waals surface area contributed by atoms with Crippen LogP contribution in [0.3, 0.4) is 0 Å². The molecule has 2 amide bonds. The number of hydrogen-bond acceptors (Lipinski definition) is 4. The highest BCUT2D eigenvalue weighted by atomic mass is 16.5. The molecule has 0 spiro atoms. The normalized spacial score (nSPS) is 23.5. The molecule has 6 nitrogen and oxygen atoms in total. The van der Waals surface area contributed by atoms with E-state index in [9.17, 15) is 9.59 Å². The molecule has 1 aliphatic carbocycles. The summed E-state index contributed by atoms with van der Waals surface area (Å²) in [6.07, 6.45) is 6.34. The third-order valence-corrected chi connectivity index (χ3v) is 7.21. The summed E-state index contributed by atoms with van der Waals surface area (Å²) in [5, 5.41) is 3.52. The van der Waals surface area contributed by atoms with Gasteiger partial charge in [-0.3, -0.25) is 9.59 Å². The topological polar surface area (TPSA) is 61.9 Å². The van der Waals surface area contributed by atoms with Gasteiger partial charge in [-0.05, 0) is 68.1 Å². The lowest BCUT2D eigenvalue weighted by atomic mass is 9.92. The third kappa shape index (κ3) is 5.59. The number of methoxy groups -OCH3 is 1. The second kappa shape index (κ2) is 10.0. The highest BCUT2D eigenvalue weighted by molar-refractivity contribution is 5.81. The lowest BCUT2D eigenvalue weighted by molar-refractivity contribution is -0.141. The van der Waals surface area contributed by atoms with Crippen molar-refractivity contribution in [3.8, 4) is 5.75 Å². The fourth-order valence-electron chi connectivity index (χ4n) is 5.13. The summed E-state index contributed by atoms with van der Waals surface area (Å²) < 4.78 is 5.26. The fraction of sp³-hybridized carbons (Fsp3) is 0.680. The molecule has 3 fully saturated rings. The first-order valence-electron chi connectivity index (χ1n) is 12.0. The van der Waals surface area contributed by atoms with Crippen molar-refractivity contribution in [2.24, 2.45) is 17.8 Å². The summed E-state index contributed by atoms with van der Waals surface area (Å²) in [7, 11) is 1.67.